The number of nitrogens with zero attached hydrogens (tertiary/aromatic N) is 1. The summed E-state index contributed by atoms with van der Waals surface area (Å²) in [5, 5.41) is 5.49. The van der Waals surface area contributed by atoms with E-state index in [-0.39, 0.29) is 5.91 Å². The summed E-state index contributed by atoms with van der Waals surface area (Å²) < 4.78 is 6.03. The lowest BCUT2D eigenvalue weighted by Crippen LogP contribution is -2.24. The Morgan fingerprint density at radius 3 is 2.87 bits per heavy atom. The van der Waals surface area contributed by atoms with Gasteiger partial charge in [0, 0.05) is 16.0 Å². The van der Waals surface area contributed by atoms with Crippen LogP contribution in [0.25, 0.3) is 11.3 Å². The maximum absolute atomic E-state index is 11.8. The molecule has 1 N–H and O–H groups in total. The first-order chi connectivity index (χ1) is 11.2. The largest absolute Gasteiger partial charge is 0.467 e. The molecule has 23 heavy (non-hydrogen) atoms. The zero-order valence-electron chi connectivity index (χ0n) is 12.0. The van der Waals surface area contributed by atoms with Crippen molar-refractivity contribution in [1.82, 2.24) is 10.3 Å². The number of hydrogen-bond donors (Lipinski definition) is 1. The Morgan fingerprint density at radius 2 is 2.13 bits per heavy atom. The van der Waals surface area contributed by atoms with E-state index in [1.165, 1.54) is 23.1 Å². The number of halogens is 1. The zero-order valence-corrected chi connectivity index (χ0v) is 14.4. The average molecular weight is 365 g/mol. The Bertz CT molecular complexity index is 770. The molecule has 1 amide bonds. The van der Waals surface area contributed by atoms with Gasteiger partial charge in [-0.2, -0.15) is 0 Å². The fraction of sp³-hybridized carbons (Fsp3) is 0.125. The highest BCUT2D eigenvalue weighted by Gasteiger charge is 2.08. The van der Waals surface area contributed by atoms with Gasteiger partial charge in [0.25, 0.3) is 0 Å². The summed E-state index contributed by atoms with van der Waals surface area (Å²) >= 11 is 8.83. The van der Waals surface area contributed by atoms with Crippen molar-refractivity contribution in [2.24, 2.45) is 0 Å². The highest BCUT2D eigenvalue weighted by molar-refractivity contribution is 8.01. The third-order valence-electron chi connectivity index (χ3n) is 2.99. The SMILES string of the molecule is O=C(CSc1nc(-c2ccc(Cl)cc2)cs1)NCc1ccco1. The first-order valence-electron chi connectivity index (χ1n) is 6.84. The molecule has 0 aliphatic rings. The molecule has 4 nitrogen and oxygen atoms in total. The smallest absolute Gasteiger partial charge is 0.230 e. The van der Waals surface area contributed by atoms with Gasteiger partial charge in [0.1, 0.15) is 5.76 Å². The average Bonchev–Trinajstić information content (AvgIpc) is 3.23. The number of aromatic nitrogens is 1. The van der Waals surface area contributed by atoms with Crippen molar-refractivity contribution in [3.8, 4) is 11.3 Å². The Balaban J connectivity index is 1.50. The van der Waals surface area contributed by atoms with E-state index in [0.717, 1.165) is 21.4 Å². The van der Waals surface area contributed by atoms with Crippen LogP contribution < -0.4 is 5.32 Å². The molecule has 3 aromatic rings. The molecule has 0 unspecified atom stereocenters. The van der Waals surface area contributed by atoms with Crippen LogP contribution in [0, 0.1) is 0 Å². The number of nitrogens with one attached hydrogen (secondary N) is 1. The van der Waals surface area contributed by atoms with Gasteiger partial charge in [0.15, 0.2) is 4.34 Å². The first kappa shape index (κ1) is 16.1. The third-order valence-corrected chi connectivity index (χ3v) is 5.26. The lowest BCUT2D eigenvalue weighted by molar-refractivity contribution is -0.118. The molecular formula is C16H13ClN2O2S2. The minimum atomic E-state index is -0.0466. The summed E-state index contributed by atoms with van der Waals surface area (Å²) in [5.41, 5.74) is 1.91. The number of thiazole rings is 1. The molecular weight excluding hydrogens is 352 g/mol. The topological polar surface area (TPSA) is 55.1 Å². The van der Waals surface area contributed by atoms with E-state index in [0.29, 0.717) is 17.3 Å². The van der Waals surface area contributed by atoms with Gasteiger partial charge in [-0.05, 0) is 24.3 Å². The fourth-order valence-corrected chi connectivity index (χ4v) is 3.65. The number of carbonyl (C=O) groups is 1. The van der Waals surface area contributed by atoms with Crippen molar-refractivity contribution in [1.29, 1.82) is 0 Å². The lowest BCUT2D eigenvalue weighted by atomic mass is 10.2. The van der Waals surface area contributed by atoms with Gasteiger partial charge < -0.3 is 9.73 Å². The summed E-state index contributed by atoms with van der Waals surface area (Å²) in [6.45, 7) is 0.403. The van der Waals surface area contributed by atoms with Crippen LogP contribution in [0.3, 0.4) is 0 Å². The highest BCUT2D eigenvalue weighted by Crippen LogP contribution is 2.28. The summed E-state index contributed by atoms with van der Waals surface area (Å²) in [4.78, 5) is 16.3. The van der Waals surface area contributed by atoms with Gasteiger partial charge in [0.05, 0.1) is 24.3 Å². The normalized spacial score (nSPS) is 10.7. The van der Waals surface area contributed by atoms with E-state index in [1.807, 2.05) is 35.7 Å². The molecule has 7 heteroatoms. The van der Waals surface area contributed by atoms with E-state index in [1.54, 1.807) is 12.3 Å². The summed E-state index contributed by atoms with van der Waals surface area (Å²) in [5.74, 6) is 1.02. The van der Waals surface area contributed by atoms with Crippen LogP contribution in [0.4, 0.5) is 0 Å². The van der Waals surface area contributed by atoms with Crippen LogP contribution >= 0.6 is 34.7 Å². The van der Waals surface area contributed by atoms with E-state index < -0.39 is 0 Å². The molecule has 0 saturated carbocycles. The van der Waals surface area contributed by atoms with Gasteiger partial charge >= 0.3 is 0 Å². The summed E-state index contributed by atoms with van der Waals surface area (Å²) in [6, 6.07) is 11.2. The van der Waals surface area contributed by atoms with E-state index in [9.17, 15) is 4.79 Å². The van der Waals surface area contributed by atoms with Crippen LogP contribution in [-0.4, -0.2) is 16.6 Å². The fourth-order valence-electron chi connectivity index (χ4n) is 1.85. The van der Waals surface area contributed by atoms with Crippen LogP contribution in [0.1, 0.15) is 5.76 Å². The summed E-state index contributed by atoms with van der Waals surface area (Å²) in [6.07, 6.45) is 1.59. The minimum absolute atomic E-state index is 0.0466. The number of rotatable bonds is 6. The quantitative estimate of drug-likeness (QED) is 0.656. The molecule has 0 fully saturated rings. The highest BCUT2D eigenvalue weighted by atomic mass is 35.5. The molecule has 3 rings (SSSR count). The predicted molar refractivity (Wildman–Crippen MR) is 93.8 cm³/mol. The molecule has 0 saturated heterocycles. The molecule has 0 aliphatic carbocycles. The maximum Gasteiger partial charge on any atom is 0.230 e. The Hall–Kier alpha value is -1.76. The summed E-state index contributed by atoms with van der Waals surface area (Å²) in [7, 11) is 0. The molecule has 118 valence electrons. The number of thioether (sulfide) groups is 1. The maximum atomic E-state index is 11.8. The van der Waals surface area contributed by atoms with Crippen molar-refractivity contribution in [3.63, 3.8) is 0 Å². The standard InChI is InChI=1S/C16H13ClN2O2S2/c17-12-5-3-11(4-6-12)14-9-22-16(19-14)23-10-15(20)18-8-13-2-1-7-21-13/h1-7,9H,8,10H2,(H,18,20). The number of hydrogen-bond acceptors (Lipinski definition) is 5. The van der Waals surface area contributed by atoms with Crippen molar-refractivity contribution >= 4 is 40.6 Å². The third kappa shape index (κ3) is 4.60. The molecule has 1 aromatic carbocycles. The van der Waals surface area contributed by atoms with Crippen molar-refractivity contribution in [2.75, 3.05) is 5.75 Å². The van der Waals surface area contributed by atoms with Gasteiger partial charge in [-0.15, -0.1) is 11.3 Å². The molecule has 0 radical (unpaired) electrons. The molecule has 0 atom stereocenters. The van der Waals surface area contributed by atoms with E-state index in [4.69, 9.17) is 16.0 Å². The van der Waals surface area contributed by atoms with Gasteiger partial charge in [-0.3, -0.25) is 4.79 Å². The van der Waals surface area contributed by atoms with Gasteiger partial charge in [-0.25, -0.2) is 4.98 Å². The Labute approximate surface area is 146 Å². The number of amides is 1. The Kier molecular flexibility index (Phi) is 5.38. The molecule has 0 spiro atoms. The molecule has 0 aliphatic heterocycles. The molecule has 2 heterocycles. The van der Waals surface area contributed by atoms with Crippen molar-refractivity contribution < 1.29 is 9.21 Å². The van der Waals surface area contributed by atoms with Crippen molar-refractivity contribution in [3.05, 3.63) is 58.8 Å². The van der Waals surface area contributed by atoms with Crippen molar-refractivity contribution in [2.45, 2.75) is 10.9 Å². The molecule has 2 aromatic heterocycles. The Morgan fingerprint density at radius 1 is 1.30 bits per heavy atom. The van der Waals surface area contributed by atoms with E-state index >= 15 is 0 Å². The molecule has 0 bridgehead atoms. The lowest BCUT2D eigenvalue weighted by Gasteiger charge is -2.01. The van der Waals surface area contributed by atoms with Gasteiger partial charge in [0.2, 0.25) is 5.91 Å². The monoisotopic (exact) mass is 364 g/mol. The first-order valence-corrected chi connectivity index (χ1v) is 9.08. The zero-order chi connectivity index (χ0) is 16.1. The van der Waals surface area contributed by atoms with E-state index in [2.05, 4.69) is 10.3 Å². The van der Waals surface area contributed by atoms with Gasteiger partial charge in [-0.1, -0.05) is 35.5 Å². The number of benzene rings is 1. The number of furan rings is 1. The van der Waals surface area contributed by atoms with Crippen LogP contribution in [-0.2, 0) is 11.3 Å². The van der Waals surface area contributed by atoms with Crippen LogP contribution in [0.2, 0.25) is 5.02 Å². The second-order valence-corrected chi connectivity index (χ2v) is 7.17. The number of carbonyl (C=O) groups excluding carboxylic acids is 1. The second-order valence-electron chi connectivity index (χ2n) is 4.65. The van der Waals surface area contributed by atoms with Crippen LogP contribution in [0.15, 0.2) is 56.8 Å². The van der Waals surface area contributed by atoms with Crippen LogP contribution in [0.5, 0.6) is 0 Å². The minimum Gasteiger partial charge on any atom is -0.467 e. The predicted octanol–water partition coefficient (Wildman–Crippen LogP) is 4.47. The second kappa shape index (κ2) is 7.68.